The summed E-state index contributed by atoms with van der Waals surface area (Å²) in [7, 11) is -7.77. The number of alkyl halides is 12. The molecule has 0 unspecified atom stereocenters. The number of rotatable bonds is 8. The third-order valence-electron chi connectivity index (χ3n) is 2.89. The van der Waals surface area contributed by atoms with Gasteiger partial charge in [-0.25, -0.2) is 8.42 Å². The van der Waals surface area contributed by atoms with Gasteiger partial charge in [0.25, 0.3) is 0 Å². The van der Waals surface area contributed by atoms with Crippen LogP contribution in [0.1, 0.15) is 19.8 Å². The standard InChI is InChI=1S/C9H8F12O3S.Li/c1-2-3-4(10,11)5(12,13)6(14,15)7(16,17)8(18,19)9(20,21)25(22,23)24;/h2-3H2,1H3,(H,22,23,24);/q;+1/p-1. The fourth-order valence-corrected chi connectivity index (χ4v) is 1.88. The summed E-state index contributed by atoms with van der Waals surface area (Å²) in [6.45, 7) is 0.688. The van der Waals surface area contributed by atoms with Crippen LogP contribution in [0.5, 0.6) is 0 Å². The fourth-order valence-electron chi connectivity index (χ4n) is 1.43. The number of hydrogen-bond acceptors (Lipinski definition) is 3. The van der Waals surface area contributed by atoms with Crippen LogP contribution in [0.4, 0.5) is 52.7 Å². The molecular weight excluding hydrogens is 423 g/mol. The van der Waals surface area contributed by atoms with Crippen LogP contribution in [0.2, 0.25) is 0 Å². The largest absolute Gasteiger partial charge is 1.00 e. The van der Waals surface area contributed by atoms with E-state index in [1.807, 2.05) is 0 Å². The third kappa shape index (κ3) is 3.66. The Labute approximate surface area is 150 Å². The van der Waals surface area contributed by atoms with E-state index in [2.05, 4.69) is 0 Å². The SMILES string of the molecule is CCCC(F)(F)C(F)(F)C(F)(F)C(F)(F)C(F)(F)C(F)(F)S(=O)(=O)[O-].[Li+]. The van der Waals surface area contributed by atoms with Crippen molar-refractivity contribution in [3.8, 4) is 0 Å². The van der Waals surface area contributed by atoms with Gasteiger partial charge in [0, 0.05) is 6.42 Å². The Balaban J connectivity index is 0. The summed E-state index contributed by atoms with van der Waals surface area (Å²) >= 11 is 0. The van der Waals surface area contributed by atoms with Crippen LogP contribution in [0.3, 0.4) is 0 Å². The molecule has 0 radical (unpaired) electrons. The van der Waals surface area contributed by atoms with Crippen molar-refractivity contribution in [3.63, 3.8) is 0 Å². The van der Waals surface area contributed by atoms with Crippen LogP contribution in [0.15, 0.2) is 0 Å². The van der Waals surface area contributed by atoms with E-state index in [0.717, 1.165) is 0 Å². The van der Waals surface area contributed by atoms with Crippen LogP contribution in [-0.4, -0.2) is 47.8 Å². The van der Waals surface area contributed by atoms with Crippen LogP contribution in [0.25, 0.3) is 0 Å². The first-order chi connectivity index (χ1) is 10.6. The van der Waals surface area contributed by atoms with Crippen LogP contribution in [0, 0.1) is 0 Å². The van der Waals surface area contributed by atoms with Crippen LogP contribution in [-0.2, 0) is 10.1 Å². The molecule has 0 aliphatic rings. The van der Waals surface area contributed by atoms with E-state index < -0.39 is 57.8 Å². The monoisotopic (exact) mass is 430 g/mol. The maximum absolute atomic E-state index is 13.1. The second kappa shape index (κ2) is 7.25. The summed E-state index contributed by atoms with van der Waals surface area (Å²) in [4.78, 5) is 0. The summed E-state index contributed by atoms with van der Waals surface area (Å²) in [5, 5.41) is -7.51. The van der Waals surface area contributed by atoms with Crippen LogP contribution < -0.4 is 18.9 Å². The maximum Gasteiger partial charge on any atom is 1.00 e. The van der Waals surface area contributed by atoms with Crippen molar-refractivity contribution in [2.24, 2.45) is 0 Å². The summed E-state index contributed by atoms with van der Waals surface area (Å²) in [5.41, 5.74) is 0. The van der Waals surface area contributed by atoms with Gasteiger partial charge in [-0.3, -0.25) is 0 Å². The Kier molecular flexibility index (Phi) is 7.77. The minimum absolute atomic E-state index is 0. The molecule has 152 valence electrons. The van der Waals surface area contributed by atoms with Crippen molar-refractivity contribution in [1.82, 2.24) is 0 Å². The van der Waals surface area contributed by atoms with E-state index >= 15 is 0 Å². The molecular formula is C9H7F12LiO3S. The van der Waals surface area contributed by atoms with Gasteiger partial charge < -0.3 is 4.55 Å². The summed E-state index contributed by atoms with van der Waals surface area (Å²) < 4.78 is 186. The molecule has 0 aromatic rings. The average Bonchev–Trinajstić information content (AvgIpc) is 2.35. The van der Waals surface area contributed by atoms with Gasteiger partial charge in [0.05, 0.1) is 0 Å². The predicted octanol–water partition coefficient (Wildman–Crippen LogP) is 1.11. The van der Waals surface area contributed by atoms with Gasteiger partial charge in [-0.15, -0.1) is 0 Å². The molecule has 0 bridgehead atoms. The molecule has 0 saturated carbocycles. The molecule has 0 spiro atoms. The van der Waals surface area contributed by atoms with E-state index in [1.54, 1.807) is 0 Å². The van der Waals surface area contributed by atoms with E-state index in [1.165, 1.54) is 0 Å². The van der Waals surface area contributed by atoms with Crippen molar-refractivity contribution in [2.75, 3.05) is 0 Å². The molecule has 0 heterocycles. The zero-order valence-corrected chi connectivity index (χ0v) is 13.4. The Bertz CT molecular complexity index is 603. The van der Waals surface area contributed by atoms with E-state index in [4.69, 9.17) is 0 Å². The molecule has 0 aromatic carbocycles. The first kappa shape index (κ1) is 27.9. The molecule has 0 fully saturated rings. The van der Waals surface area contributed by atoms with Gasteiger partial charge in [-0.1, -0.05) is 13.3 Å². The van der Waals surface area contributed by atoms with Gasteiger partial charge in [0.2, 0.25) is 0 Å². The van der Waals surface area contributed by atoms with Gasteiger partial charge in [-0.05, 0) is 0 Å². The molecule has 0 N–H and O–H groups in total. The molecule has 26 heavy (non-hydrogen) atoms. The minimum Gasteiger partial charge on any atom is -0.743 e. The molecule has 0 aliphatic carbocycles. The summed E-state index contributed by atoms with van der Waals surface area (Å²) in [6.07, 6.45) is -3.26. The molecule has 17 heteroatoms. The van der Waals surface area contributed by atoms with E-state index in [-0.39, 0.29) is 18.9 Å². The van der Waals surface area contributed by atoms with Gasteiger partial charge in [0.15, 0.2) is 10.1 Å². The topological polar surface area (TPSA) is 57.2 Å². The molecule has 0 aromatic heterocycles. The predicted molar refractivity (Wildman–Crippen MR) is 54.3 cm³/mol. The van der Waals surface area contributed by atoms with Crippen molar-refractivity contribution < 1.29 is 84.5 Å². The minimum atomic E-state index is -8.05. The maximum atomic E-state index is 13.1. The normalized spacial score (nSPS) is 15.6. The first-order valence-corrected chi connectivity index (χ1v) is 7.19. The van der Waals surface area contributed by atoms with E-state index in [0.29, 0.717) is 6.92 Å². The van der Waals surface area contributed by atoms with Crippen molar-refractivity contribution in [1.29, 1.82) is 0 Å². The Hall–Kier alpha value is -0.333. The molecule has 0 rings (SSSR count). The quantitative estimate of drug-likeness (QED) is 0.330. The zero-order chi connectivity index (χ0) is 20.9. The van der Waals surface area contributed by atoms with E-state index in [9.17, 15) is 65.7 Å². The molecule has 0 amide bonds. The third-order valence-corrected chi connectivity index (χ3v) is 3.77. The van der Waals surface area contributed by atoms with Gasteiger partial charge in [-0.2, -0.15) is 52.7 Å². The Morgan fingerprint density at radius 3 is 1.27 bits per heavy atom. The molecule has 0 aliphatic heterocycles. The molecule has 0 atom stereocenters. The second-order valence-corrected chi connectivity index (χ2v) is 6.14. The molecule has 0 saturated heterocycles. The Morgan fingerprint density at radius 1 is 0.692 bits per heavy atom. The number of hydrogen-bond donors (Lipinski definition) is 0. The van der Waals surface area contributed by atoms with Gasteiger partial charge >= 0.3 is 53.7 Å². The van der Waals surface area contributed by atoms with Gasteiger partial charge in [0.1, 0.15) is 0 Å². The first-order valence-electron chi connectivity index (χ1n) is 5.78. The summed E-state index contributed by atoms with van der Waals surface area (Å²) in [6, 6.07) is 0. The second-order valence-electron chi connectivity index (χ2n) is 4.72. The summed E-state index contributed by atoms with van der Waals surface area (Å²) in [5.74, 6) is -37.2. The van der Waals surface area contributed by atoms with Crippen molar-refractivity contribution >= 4 is 10.1 Å². The zero-order valence-electron chi connectivity index (χ0n) is 12.6. The van der Waals surface area contributed by atoms with Crippen molar-refractivity contribution in [2.45, 2.75) is 54.6 Å². The Morgan fingerprint density at radius 2 is 1.00 bits per heavy atom. The number of halogens is 12. The smallest absolute Gasteiger partial charge is 0.743 e. The van der Waals surface area contributed by atoms with Crippen LogP contribution >= 0.6 is 0 Å². The average molecular weight is 430 g/mol. The molecule has 3 nitrogen and oxygen atoms in total. The van der Waals surface area contributed by atoms with Crippen molar-refractivity contribution in [3.05, 3.63) is 0 Å². The fraction of sp³-hybridized carbons (Fsp3) is 1.00.